The molecule has 2 atom stereocenters. The van der Waals surface area contributed by atoms with Crippen LogP contribution in [0.1, 0.15) is 35.7 Å². The molecule has 27 heavy (non-hydrogen) atoms. The molecule has 2 aliphatic heterocycles. The maximum Gasteiger partial charge on any atom is 0.254 e. The number of carbonyl (C=O) groups excluding carboxylic acids is 1. The molecule has 0 radical (unpaired) electrons. The first-order valence-electron chi connectivity index (χ1n) is 9.54. The number of benzene rings is 1. The van der Waals surface area contributed by atoms with Gasteiger partial charge in [-0.2, -0.15) is 4.31 Å². The molecule has 1 aromatic rings. The molecule has 0 saturated carbocycles. The smallest absolute Gasteiger partial charge is 0.254 e. The zero-order valence-corrected chi connectivity index (χ0v) is 16.9. The van der Waals surface area contributed by atoms with E-state index in [9.17, 15) is 13.2 Å². The lowest BCUT2D eigenvalue weighted by atomic mass is 9.91. The van der Waals surface area contributed by atoms with Gasteiger partial charge in [0.05, 0.1) is 18.1 Å². The highest BCUT2D eigenvalue weighted by Gasteiger charge is 2.32. The molecule has 7 nitrogen and oxygen atoms in total. The molecule has 1 aromatic carbocycles. The zero-order chi connectivity index (χ0) is 19.6. The van der Waals surface area contributed by atoms with Crippen molar-refractivity contribution in [2.75, 3.05) is 39.4 Å². The SMILES string of the molecule is Cc1ccc(S(=O)(=O)N2CCOCC2)cc1C(=O)N1CCC(C)CC1CN. The average Bonchev–Trinajstić information content (AvgIpc) is 2.68. The second-order valence-electron chi connectivity index (χ2n) is 7.51. The number of nitrogens with two attached hydrogens (primary N) is 1. The van der Waals surface area contributed by atoms with Gasteiger partial charge >= 0.3 is 0 Å². The number of aryl methyl sites for hydroxylation is 1. The molecule has 2 heterocycles. The van der Waals surface area contributed by atoms with Gasteiger partial charge in [0.25, 0.3) is 5.91 Å². The van der Waals surface area contributed by atoms with Crippen LogP contribution in [0.15, 0.2) is 23.1 Å². The molecule has 2 saturated heterocycles. The molecule has 1 amide bonds. The molecular weight excluding hydrogens is 366 g/mol. The summed E-state index contributed by atoms with van der Waals surface area (Å²) in [5.41, 5.74) is 7.11. The largest absolute Gasteiger partial charge is 0.379 e. The fourth-order valence-corrected chi connectivity index (χ4v) is 5.26. The van der Waals surface area contributed by atoms with Crippen LogP contribution in [0.2, 0.25) is 0 Å². The zero-order valence-electron chi connectivity index (χ0n) is 16.1. The van der Waals surface area contributed by atoms with Crippen LogP contribution < -0.4 is 5.73 Å². The van der Waals surface area contributed by atoms with Gasteiger partial charge in [-0.3, -0.25) is 4.79 Å². The molecule has 150 valence electrons. The number of amides is 1. The van der Waals surface area contributed by atoms with Gasteiger partial charge in [-0.15, -0.1) is 0 Å². The second-order valence-corrected chi connectivity index (χ2v) is 9.45. The van der Waals surface area contributed by atoms with Crippen LogP contribution in [-0.2, 0) is 14.8 Å². The third-order valence-corrected chi connectivity index (χ3v) is 7.45. The quantitative estimate of drug-likeness (QED) is 0.827. The number of ether oxygens (including phenoxy) is 1. The van der Waals surface area contributed by atoms with Crippen molar-refractivity contribution >= 4 is 15.9 Å². The van der Waals surface area contributed by atoms with Gasteiger partial charge in [-0.25, -0.2) is 8.42 Å². The fraction of sp³-hybridized carbons (Fsp3) is 0.632. The van der Waals surface area contributed by atoms with Gasteiger partial charge in [-0.1, -0.05) is 13.0 Å². The predicted molar refractivity (Wildman–Crippen MR) is 103 cm³/mol. The number of nitrogens with zero attached hydrogens (tertiary/aromatic N) is 2. The van der Waals surface area contributed by atoms with Crippen molar-refractivity contribution in [2.45, 2.75) is 37.6 Å². The van der Waals surface area contributed by atoms with E-state index in [0.717, 1.165) is 18.4 Å². The van der Waals surface area contributed by atoms with E-state index in [4.69, 9.17) is 10.5 Å². The van der Waals surface area contributed by atoms with Gasteiger partial charge in [0.2, 0.25) is 10.0 Å². The molecule has 3 rings (SSSR count). The van der Waals surface area contributed by atoms with Crippen LogP contribution in [0.5, 0.6) is 0 Å². The molecule has 0 spiro atoms. The summed E-state index contributed by atoms with van der Waals surface area (Å²) in [6, 6.07) is 4.81. The number of likely N-dealkylation sites (tertiary alicyclic amines) is 1. The van der Waals surface area contributed by atoms with Gasteiger partial charge in [0.1, 0.15) is 0 Å². The van der Waals surface area contributed by atoms with Crippen LogP contribution in [0.3, 0.4) is 0 Å². The minimum atomic E-state index is -3.64. The Hall–Kier alpha value is -1.48. The lowest BCUT2D eigenvalue weighted by Crippen LogP contribution is -2.49. The highest BCUT2D eigenvalue weighted by molar-refractivity contribution is 7.89. The monoisotopic (exact) mass is 395 g/mol. The minimum absolute atomic E-state index is 0.000145. The van der Waals surface area contributed by atoms with E-state index in [1.807, 2.05) is 11.8 Å². The molecule has 2 unspecified atom stereocenters. The van der Waals surface area contributed by atoms with E-state index in [2.05, 4.69) is 6.92 Å². The molecule has 0 aliphatic carbocycles. The molecule has 8 heteroatoms. The topological polar surface area (TPSA) is 92.9 Å². The standard InChI is InChI=1S/C19H29N3O4S/c1-14-5-6-22(16(11-14)13-20)19(23)18-12-17(4-3-15(18)2)27(24,25)21-7-9-26-10-8-21/h3-4,12,14,16H,5-11,13,20H2,1-2H3. The van der Waals surface area contributed by atoms with Crippen LogP contribution in [0.4, 0.5) is 0 Å². The van der Waals surface area contributed by atoms with Crippen LogP contribution >= 0.6 is 0 Å². The summed E-state index contributed by atoms with van der Waals surface area (Å²) in [6.07, 6.45) is 1.82. The summed E-state index contributed by atoms with van der Waals surface area (Å²) in [6.45, 7) is 6.52. The molecule has 0 bridgehead atoms. The van der Waals surface area contributed by atoms with Crippen molar-refractivity contribution in [1.29, 1.82) is 0 Å². The average molecular weight is 396 g/mol. The highest BCUT2D eigenvalue weighted by atomic mass is 32.2. The highest BCUT2D eigenvalue weighted by Crippen LogP contribution is 2.26. The van der Waals surface area contributed by atoms with E-state index in [-0.39, 0.29) is 16.8 Å². The minimum Gasteiger partial charge on any atom is -0.379 e. The van der Waals surface area contributed by atoms with Crippen molar-refractivity contribution in [3.63, 3.8) is 0 Å². The van der Waals surface area contributed by atoms with Crippen LogP contribution in [0, 0.1) is 12.8 Å². The Kier molecular flexibility index (Phi) is 6.20. The number of morpholine rings is 1. The van der Waals surface area contributed by atoms with E-state index in [1.165, 1.54) is 10.4 Å². The second kappa shape index (κ2) is 8.26. The van der Waals surface area contributed by atoms with Gasteiger partial charge in [-0.05, 0) is 43.4 Å². The molecule has 2 fully saturated rings. The molecule has 2 N–H and O–H groups in total. The van der Waals surface area contributed by atoms with Crippen LogP contribution in [-0.4, -0.2) is 69.0 Å². The van der Waals surface area contributed by atoms with Crippen molar-refractivity contribution in [3.8, 4) is 0 Å². The van der Waals surface area contributed by atoms with Crippen molar-refractivity contribution in [1.82, 2.24) is 9.21 Å². The lowest BCUT2D eigenvalue weighted by Gasteiger charge is -2.38. The Labute approximate surface area is 161 Å². The molecular formula is C19H29N3O4S. The maximum atomic E-state index is 13.2. The van der Waals surface area contributed by atoms with E-state index < -0.39 is 10.0 Å². The summed E-state index contributed by atoms with van der Waals surface area (Å²) < 4.78 is 32.5. The fourth-order valence-electron chi connectivity index (χ4n) is 3.83. The number of sulfonamides is 1. The normalized spacial score (nSPS) is 24.8. The number of hydrogen-bond donors (Lipinski definition) is 1. The van der Waals surface area contributed by atoms with Crippen molar-refractivity contribution in [3.05, 3.63) is 29.3 Å². The summed E-state index contributed by atoms with van der Waals surface area (Å²) in [4.78, 5) is 15.2. The third-order valence-electron chi connectivity index (χ3n) is 5.56. The Balaban J connectivity index is 1.90. The Morgan fingerprint density at radius 1 is 1.26 bits per heavy atom. The van der Waals surface area contributed by atoms with Crippen molar-refractivity contribution < 1.29 is 17.9 Å². The number of piperidine rings is 1. The van der Waals surface area contributed by atoms with E-state index in [1.54, 1.807) is 12.1 Å². The van der Waals surface area contributed by atoms with Gasteiger partial charge < -0.3 is 15.4 Å². The Bertz CT molecular complexity index is 790. The molecule has 0 aromatic heterocycles. The first kappa shape index (κ1) is 20.3. The van der Waals surface area contributed by atoms with Crippen molar-refractivity contribution in [2.24, 2.45) is 11.7 Å². The van der Waals surface area contributed by atoms with E-state index >= 15 is 0 Å². The predicted octanol–water partition coefficient (Wildman–Crippen LogP) is 1.22. The third kappa shape index (κ3) is 4.18. The summed E-state index contributed by atoms with van der Waals surface area (Å²) in [5, 5.41) is 0. The number of hydrogen-bond acceptors (Lipinski definition) is 5. The summed E-state index contributed by atoms with van der Waals surface area (Å²) in [5.74, 6) is 0.408. The van der Waals surface area contributed by atoms with Gasteiger partial charge in [0, 0.05) is 37.8 Å². The van der Waals surface area contributed by atoms with Gasteiger partial charge in [0.15, 0.2) is 0 Å². The number of rotatable bonds is 4. The Morgan fingerprint density at radius 3 is 2.63 bits per heavy atom. The first-order valence-corrected chi connectivity index (χ1v) is 11.0. The summed E-state index contributed by atoms with van der Waals surface area (Å²) in [7, 11) is -3.64. The molecule has 2 aliphatic rings. The summed E-state index contributed by atoms with van der Waals surface area (Å²) >= 11 is 0. The first-order chi connectivity index (χ1) is 12.8. The lowest BCUT2D eigenvalue weighted by molar-refractivity contribution is 0.0572. The van der Waals surface area contributed by atoms with Crippen LogP contribution in [0.25, 0.3) is 0 Å². The van der Waals surface area contributed by atoms with E-state index in [0.29, 0.717) is 50.9 Å². The Morgan fingerprint density at radius 2 is 1.96 bits per heavy atom. The maximum absolute atomic E-state index is 13.2. The number of carbonyl (C=O) groups is 1.